The first-order valence-electron chi connectivity index (χ1n) is 20.5. The number of nitrogens with zero attached hydrogens (tertiary/aromatic N) is 4. The molecule has 0 aliphatic rings. The third-order valence-electron chi connectivity index (χ3n) is 11.7. The topological polar surface area (TPSA) is 51.6 Å². The molecule has 0 aliphatic carbocycles. The maximum absolute atomic E-state index is 5.42. The minimum atomic E-state index is 0.630. The van der Waals surface area contributed by atoms with E-state index in [1.807, 2.05) is 18.2 Å². The minimum Gasteiger partial charge on any atom is -0.228 e. The number of rotatable bonds is 6. The fourth-order valence-electron chi connectivity index (χ4n) is 8.74. The van der Waals surface area contributed by atoms with Crippen molar-refractivity contribution in [1.29, 1.82) is 0 Å². The van der Waals surface area contributed by atoms with Gasteiger partial charge in [0.1, 0.15) is 0 Å². The van der Waals surface area contributed by atoms with Gasteiger partial charge in [0.25, 0.3) is 0 Å². The lowest BCUT2D eigenvalue weighted by Crippen LogP contribution is -1.98. The number of aromatic nitrogens is 4. The fourth-order valence-corrected chi connectivity index (χ4v) is 9.89. The Morgan fingerprint density at radius 1 is 0.279 bits per heavy atom. The zero-order valence-corrected chi connectivity index (χ0v) is 33.6. The van der Waals surface area contributed by atoms with Crippen LogP contribution < -0.4 is 0 Å². The molecule has 0 N–H and O–H groups in total. The van der Waals surface area contributed by atoms with Crippen LogP contribution in [0.1, 0.15) is 0 Å². The van der Waals surface area contributed by atoms with E-state index in [1.165, 1.54) is 37.0 Å². The highest BCUT2D eigenvalue weighted by Gasteiger charge is 2.20. The van der Waals surface area contributed by atoms with Gasteiger partial charge in [-0.25, -0.2) is 19.9 Å². The standard InChI is InChI=1S/C56H34N4S/c1-4-16-35(17-5-1)49-34-50(36-18-6-2-7-19-36)58-55(57-49)40-30-39(38-28-29-46-44-24-11-10-22-42(44)43-23-12-13-25-45(43)48(46)33-38)31-41(32-40)56-59-52(37-20-8-3-9-21-37)54-53(60-56)47-26-14-15-27-51(47)61-54/h1-34H. The molecule has 0 saturated carbocycles. The molecule has 12 rings (SSSR count). The molecule has 0 saturated heterocycles. The largest absolute Gasteiger partial charge is 0.228 e. The lowest BCUT2D eigenvalue weighted by Gasteiger charge is -2.15. The van der Waals surface area contributed by atoms with E-state index >= 15 is 0 Å². The van der Waals surface area contributed by atoms with Crippen LogP contribution in [0.5, 0.6) is 0 Å². The molecule has 9 aromatic carbocycles. The molecular weight excluding hydrogens is 761 g/mol. The highest BCUT2D eigenvalue weighted by Crippen LogP contribution is 2.42. The molecule has 0 spiro atoms. The van der Waals surface area contributed by atoms with Gasteiger partial charge < -0.3 is 0 Å². The lowest BCUT2D eigenvalue weighted by molar-refractivity contribution is 1.18. The van der Waals surface area contributed by atoms with E-state index in [4.69, 9.17) is 19.9 Å². The predicted octanol–water partition coefficient (Wildman–Crippen LogP) is 15.1. The summed E-state index contributed by atoms with van der Waals surface area (Å²) in [5, 5.41) is 8.54. The van der Waals surface area contributed by atoms with Gasteiger partial charge in [-0.2, -0.15) is 0 Å². The summed E-state index contributed by atoms with van der Waals surface area (Å²) in [6.45, 7) is 0. The third kappa shape index (κ3) is 6.14. The summed E-state index contributed by atoms with van der Waals surface area (Å²) in [5.41, 5.74) is 10.6. The first-order chi connectivity index (χ1) is 30.2. The lowest BCUT2D eigenvalue weighted by atomic mass is 9.91. The Morgan fingerprint density at radius 3 is 1.33 bits per heavy atom. The van der Waals surface area contributed by atoms with E-state index in [0.717, 1.165) is 71.6 Å². The van der Waals surface area contributed by atoms with Crippen molar-refractivity contribution in [3.8, 4) is 67.7 Å². The van der Waals surface area contributed by atoms with Crippen molar-refractivity contribution in [3.05, 3.63) is 206 Å². The SMILES string of the molecule is c1ccc(-c2cc(-c3ccccc3)nc(-c3cc(-c4ccc5c6ccccc6c6ccccc6c5c4)cc(-c4nc(-c5ccccc5)c5sc6ccccc6c5n4)c3)n2)cc1. The normalized spacial score (nSPS) is 11.6. The molecule has 0 atom stereocenters. The van der Waals surface area contributed by atoms with Crippen molar-refractivity contribution in [2.24, 2.45) is 0 Å². The molecule has 3 aromatic heterocycles. The van der Waals surface area contributed by atoms with Gasteiger partial charge in [0.15, 0.2) is 11.6 Å². The Bertz CT molecular complexity index is 3550. The van der Waals surface area contributed by atoms with Crippen LogP contribution in [0.25, 0.3) is 120 Å². The van der Waals surface area contributed by atoms with Gasteiger partial charge in [0.2, 0.25) is 0 Å². The van der Waals surface area contributed by atoms with E-state index in [0.29, 0.717) is 11.6 Å². The van der Waals surface area contributed by atoms with Crippen molar-refractivity contribution in [1.82, 2.24) is 19.9 Å². The van der Waals surface area contributed by atoms with Crippen LogP contribution in [-0.4, -0.2) is 19.9 Å². The van der Waals surface area contributed by atoms with Crippen molar-refractivity contribution in [2.45, 2.75) is 0 Å². The average Bonchev–Trinajstić information content (AvgIpc) is 3.73. The molecule has 0 fully saturated rings. The van der Waals surface area contributed by atoms with Crippen LogP contribution in [0, 0.1) is 0 Å². The van der Waals surface area contributed by atoms with Gasteiger partial charge in [-0.3, -0.25) is 0 Å². The molecule has 0 amide bonds. The van der Waals surface area contributed by atoms with Crippen LogP contribution in [0.3, 0.4) is 0 Å². The molecule has 0 bridgehead atoms. The summed E-state index contributed by atoms with van der Waals surface area (Å²) >= 11 is 1.74. The van der Waals surface area contributed by atoms with E-state index in [1.54, 1.807) is 11.3 Å². The molecule has 61 heavy (non-hydrogen) atoms. The highest BCUT2D eigenvalue weighted by atomic mass is 32.1. The summed E-state index contributed by atoms with van der Waals surface area (Å²) in [4.78, 5) is 21.4. The number of hydrogen-bond donors (Lipinski definition) is 0. The number of benzene rings is 9. The van der Waals surface area contributed by atoms with Gasteiger partial charge >= 0.3 is 0 Å². The summed E-state index contributed by atoms with van der Waals surface area (Å²) < 4.78 is 2.26. The quantitative estimate of drug-likeness (QED) is 0.157. The van der Waals surface area contributed by atoms with E-state index < -0.39 is 0 Å². The molecule has 5 heteroatoms. The van der Waals surface area contributed by atoms with Gasteiger partial charge in [-0.05, 0) is 79.8 Å². The monoisotopic (exact) mass is 794 g/mol. The van der Waals surface area contributed by atoms with E-state index in [-0.39, 0.29) is 0 Å². The highest BCUT2D eigenvalue weighted by molar-refractivity contribution is 7.26. The Morgan fingerprint density at radius 2 is 0.738 bits per heavy atom. The van der Waals surface area contributed by atoms with Gasteiger partial charge in [-0.15, -0.1) is 11.3 Å². The Labute approximate surface area is 356 Å². The number of fused-ring (bicyclic) bond motifs is 9. The van der Waals surface area contributed by atoms with Crippen molar-refractivity contribution < 1.29 is 0 Å². The first kappa shape index (κ1) is 35.1. The summed E-state index contributed by atoms with van der Waals surface area (Å²) in [7, 11) is 0. The van der Waals surface area contributed by atoms with Crippen molar-refractivity contribution in [2.75, 3.05) is 0 Å². The second-order valence-electron chi connectivity index (χ2n) is 15.4. The van der Waals surface area contributed by atoms with Crippen LogP contribution in [0.2, 0.25) is 0 Å². The summed E-state index contributed by atoms with van der Waals surface area (Å²) in [6, 6.07) is 72.7. The summed E-state index contributed by atoms with van der Waals surface area (Å²) in [6.07, 6.45) is 0. The second kappa shape index (κ2) is 14.5. The van der Waals surface area contributed by atoms with Crippen LogP contribution >= 0.6 is 11.3 Å². The maximum atomic E-state index is 5.42. The van der Waals surface area contributed by atoms with Crippen LogP contribution in [0.4, 0.5) is 0 Å². The van der Waals surface area contributed by atoms with Gasteiger partial charge in [0, 0.05) is 37.9 Å². The smallest absolute Gasteiger partial charge is 0.160 e. The Hall–Kier alpha value is -7.86. The molecular formula is C56H34N4S. The predicted molar refractivity (Wildman–Crippen MR) is 256 cm³/mol. The number of hydrogen-bond acceptors (Lipinski definition) is 5. The molecule has 12 aromatic rings. The van der Waals surface area contributed by atoms with E-state index in [9.17, 15) is 0 Å². The maximum Gasteiger partial charge on any atom is 0.160 e. The van der Waals surface area contributed by atoms with Gasteiger partial charge in [-0.1, -0.05) is 170 Å². The van der Waals surface area contributed by atoms with Gasteiger partial charge in [0.05, 0.1) is 27.3 Å². The first-order valence-corrected chi connectivity index (χ1v) is 21.3. The zero-order chi connectivity index (χ0) is 40.3. The Kier molecular flexibility index (Phi) is 8.32. The molecule has 0 radical (unpaired) electrons. The third-order valence-corrected chi connectivity index (χ3v) is 12.8. The fraction of sp³-hybridized carbons (Fsp3) is 0. The van der Waals surface area contributed by atoms with Crippen LogP contribution in [0.15, 0.2) is 206 Å². The molecule has 0 aliphatic heterocycles. The molecule has 4 nitrogen and oxygen atoms in total. The molecule has 3 heterocycles. The van der Waals surface area contributed by atoms with Crippen LogP contribution in [-0.2, 0) is 0 Å². The molecule has 284 valence electrons. The average molecular weight is 795 g/mol. The second-order valence-corrected chi connectivity index (χ2v) is 16.4. The van der Waals surface area contributed by atoms with Crippen molar-refractivity contribution >= 4 is 64.0 Å². The number of thiophene rings is 1. The minimum absolute atomic E-state index is 0.630. The van der Waals surface area contributed by atoms with Crippen molar-refractivity contribution in [3.63, 3.8) is 0 Å². The zero-order valence-electron chi connectivity index (χ0n) is 32.8. The van der Waals surface area contributed by atoms with E-state index in [2.05, 4.69) is 188 Å². The summed E-state index contributed by atoms with van der Waals surface area (Å²) in [5.74, 6) is 1.28. The Balaban J connectivity index is 1.14. The molecule has 0 unspecified atom stereocenters.